The lowest BCUT2D eigenvalue weighted by Crippen LogP contribution is -2.18. The van der Waals surface area contributed by atoms with Gasteiger partial charge in [-0.1, -0.05) is 18.2 Å². The predicted octanol–water partition coefficient (Wildman–Crippen LogP) is 2.86. The van der Waals surface area contributed by atoms with Crippen molar-refractivity contribution in [1.29, 1.82) is 0 Å². The maximum atomic E-state index is 10.4. The highest BCUT2D eigenvalue weighted by atomic mass is 16.4. The maximum Gasteiger partial charge on any atom is 0.303 e. The molecule has 1 heterocycles. The van der Waals surface area contributed by atoms with E-state index in [4.69, 9.17) is 5.11 Å². The Morgan fingerprint density at radius 3 is 2.89 bits per heavy atom. The standard InChI is InChI=1S/C14H18N2O2/c1-16(9-5-4-8-14(17)18)13-10-15-12-7-3-2-6-11(12)13/h2-3,6-7,10,15H,4-5,8-9H2,1H3,(H,17,18). The molecule has 4 nitrogen and oxygen atoms in total. The smallest absolute Gasteiger partial charge is 0.303 e. The van der Waals surface area contributed by atoms with Crippen LogP contribution < -0.4 is 4.90 Å². The van der Waals surface area contributed by atoms with Gasteiger partial charge in [0.25, 0.3) is 0 Å². The lowest BCUT2D eigenvalue weighted by molar-refractivity contribution is -0.137. The van der Waals surface area contributed by atoms with E-state index >= 15 is 0 Å². The van der Waals surface area contributed by atoms with Crippen LogP contribution in [0.3, 0.4) is 0 Å². The van der Waals surface area contributed by atoms with Crippen molar-refractivity contribution < 1.29 is 9.90 Å². The van der Waals surface area contributed by atoms with E-state index in [0.717, 1.165) is 24.9 Å². The summed E-state index contributed by atoms with van der Waals surface area (Å²) in [6.45, 7) is 0.870. The molecular formula is C14H18N2O2. The van der Waals surface area contributed by atoms with Crippen LogP contribution in [0.2, 0.25) is 0 Å². The van der Waals surface area contributed by atoms with Gasteiger partial charge in [0.1, 0.15) is 0 Å². The van der Waals surface area contributed by atoms with Gasteiger partial charge in [0, 0.05) is 37.1 Å². The molecule has 0 unspecified atom stereocenters. The zero-order valence-corrected chi connectivity index (χ0v) is 10.5. The molecule has 0 saturated carbocycles. The molecule has 1 aromatic heterocycles. The number of H-pyrrole nitrogens is 1. The van der Waals surface area contributed by atoms with Crippen LogP contribution in [-0.4, -0.2) is 29.7 Å². The molecule has 4 heteroatoms. The van der Waals surface area contributed by atoms with E-state index in [1.165, 1.54) is 11.1 Å². The Morgan fingerprint density at radius 2 is 2.11 bits per heavy atom. The molecule has 0 atom stereocenters. The van der Waals surface area contributed by atoms with Crippen molar-refractivity contribution in [2.24, 2.45) is 0 Å². The second-order valence-electron chi connectivity index (χ2n) is 4.49. The maximum absolute atomic E-state index is 10.4. The van der Waals surface area contributed by atoms with Crippen LogP contribution in [0.15, 0.2) is 30.5 Å². The Kier molecular flexibility index (Phi) is 3.87. The van der Waals surface area contributed by atoms with Crippen molar-refractivity contribution in [3.8, 4) is 0 Å². The lowest BCUT2D eigenvalue weighted by atomic mass is 10.2. The number of fused-ring (bicyclic) bond motifs is 1. The van der Waals surface area contributed by atoms with Crippen molar-refractivity contribution in [3.63, 3.8) is 0 Å². The zero-order chi connectivity index (χ0) is 13.0. The minimum absolute atomic E-state index is 0.252. The minimum Gasteiger partial charge on any atom is -0.481 e. The van der Waals surface area contributed by atoms with Crippen molar-refractivity contribution >= 4 is 22.6 Å². The van der Waals surface area contributed by atoms with Crippen LogP contribution in [0.25, 0.3) is 10.9 Å². The van der Waals surface area contributed by atoms with Gasteiger partial charge in [0.2, 0.25) is 0 Å². The first-order chi connectivity index (χ1) is 8.68. The third kappa shape index (κ3) is 2.83. The average molecular weight is 246 g/mol. The van der Waals surface area contributed by atoms with Crippen LogP contribution in [0.4, 0.5) is 5.69 Å². The van der Waals surface area contributed by atoms with Gasteiger partial charge in [-0.15, -0.1) is 0 Å². The monoisotopic (exact) mass is 246 g/mol. The molecule has 0 aliphatic heterocycles. The summed E-state index contributed by atoms with van der Waals surface area (Å²) in [5.74, 6) is -0.718. The van der Waals surface area contributed by atoms with Crippen LogP contribution in [0.1, 0.15) is 19.3 Å². The van der Waals surface area contributed by atoms with Crippen LogP contribution >= 0.6 is 0 Å². The Hall–Kier alpha value is -1.97. The van der Waals surface area contributed by atoms with E-state index in [9.17, 15) is 4.79 Å². The SMILES string of the molecule is CN(CCCCC(=O)O)c1c[nH]c2ccccc12. The van der Waals surface area contributed by atoms with Gasteiger partial charge >= 0.3 is 5.97 Å². The van der Waals surface area contributed by atoms with Crippen molar-refractivity contribution in [1.82, 2.24) is 4.98 Å². The first kappa shape index (κ1) is 12.5. The number of aliphatic carboxylic acids is 1. The van der Waals surface area contributed by atoms with Crippen LogP contribution in [0, 0.1) is 0 Å². The zero-order valence-electron chi connectivity index (χ0n) is 10.5. The van der Waals surface area contributed by atoms with E-state index < -0.39 is 5.97 Å². The number of unbranched alkanes of at least 4 members (excludes halogenated alkanes) is 1. The Labute approximate surface area is 106 Å². The quantitative estimate of drug-likeness (QED) is 0.770. The number of carboxylic acid groups (broad SMARTS) is 1. The highest BCUT2D eigenvalue weighted by Gasteiger charge is 2.07. The fourth-order valence-corrected chi connectivity index (χ4v) is 2.12. The highest BCUT2D eigenvalue weighted by Crippen LogP contribution is 2.25. The molecule has 0 fully saturated rings. The highest BCUT2D eigenvalue weighted by molar-refractivity contribution is 5.92. The van der Waals surface area contributed by atoms with E-state index in [-0.39, 0.29) is 6.42 Å². The summed E-state index contributed by atoms with van der Waals surface area (Å²) in [6, 6.07) is 8.18. The van der Waals surface area contributed by atoms with E-state index in [1.54, 1.807) is 0 Å². The number of anilines is 1. The molecule has 2 rings (SSSR count). The molecule has 2 aromatic rings. The number of carbonyl (C=O) groups is 1. The number of para-hydroxylation sites is 1. The van der Waals surface area contributed by atoms with Crippen LogP contribution in [-0.2, 0) is 4.79 Å². The van der Waals surface area contributed by atoms with E-state index in [0.29, 0.717) is 0 Å². The van der Waals surface area contributed by atoms with Crippen molar-refractivity contribution in [2.75, 3.05) is 18.5 Å². The molecule has 0 bridgehead atoms. The predicted molar refractivity (Wildman–Crippen MR) is 73.1 cm³/mol. The van der Waals surface area contributed by atoms with E-state index in [2.05, 4.69) is 22.0 Å². The molecule has 0 saturated heterocycles. The lowest BCUT2D eigenvalue weighted by Gasteiger charge is -2.17. The number of rotatable bonds is 6. The number of nitrogens with one attached hydrogen (secondary N) is 1. The molecule has 18 heavy (non-hydrogen) atoms. The van der Waals surface area contributed by atoms with Gasteiger partial charge in [0.05, 0.1) is 5.69 Å². The summed E-state index contributed by atoms with van der Waals surface area (Å²) < 4.78 is 0. The van der Waals surface area contributed by atoms with Gasteiger partial charge in [-0.3, -0.25) is 4.79 Å². The fraction of sp³-hybridized carbons (Fsp3) is 0.357. The number of benzene rings is 1. The first-order valence-corrected chi connectivity index (χ1v) is 6.17. The van der Waals surface area contributed by atoms with Gasteiger partial charge < -0.3 is 15.0 Å². The Bertz CT molecular complexity index is 533. The molecule has 0 aliphatic rings. The Balaban J connectivity index is 1.96. The molecule has 0 radical (unpaired) electrons. The number of aromatic nitrogens is 1. The van der Waals surface area contributed by atoms with Gasteiger partial charge in [-0.05, 0) is 18.9 Å². The first-order valence-electron chi connectivity index (χ1n) is 6.17. The summed E-state index contributed by atoms with van der Waals surface area (Å²) in [7, 11) is 2.04. The number of nitrogens with zero attached hydrogens (tertiary/aromatic N) is 1. The number of aromatic amines is 1. The summed E-state index contributed by atoms with van der Waals surface area (Å²) in [5.41, 5.74) is 2.30. The molecule has 2 N–H and O–H groups in total. The van der Waals surface area contributed by atoms with Gasteiger partial charge in [0.15, 0.2) is 0 Å². The normalized spacial score (nSPS) is 10.7. The van der Waals surface area contributed by atoms with Crippen molar-refractivity contribution in [2.45, 2.75) is 19.3 Å². The molecule has 1 aromatic carbocycles. The summed E-state index contributed by atoms with van der Waals surface area (Å²) in [4.78, 5) is 15.8. The summed E-state index contributed by atoms with van der Waals surface area (Å²) in [5, 5.41) is 9.79. The van der Waals surface area contributed by atoms with E-state index in [1.807, 2.05) is 25.4 Å². The number of hydrogen-bond donors (Lipinski definition) is 2. The molecular weight excluding hydrogens is 228 g/mol. The van der Waals surface area contributed by atoms with Gasteiger partial charge in [-0.25, -0.2) is 0 Å². The fourth-order valence-electron chi connectivity index (χ4n) is 2.12. The second-order valence-corrected chi connectivity index (χ2v) is 4.49. The largest absolute Gasteiger partial charge is 0.481 e. The summed E-state index contributed by atoms with van der Waals surface area (Å²) in [6.07, 6.45) is 3.87. The molecule has 0 spiro atoms. The van der Waals surface area contributed by atoms with Gasteiger partial charge in [-0.2, -0.15) is 0 Å². The number of hydrogen-bond acceptors (Lipinski definition) is 2. The van der Waals surface area contributed by atoms with Crippen molar-refractivity contribution in [3.05, 3.63) is 30.5 Å². The second kappa shape index (κ2) is 5.58. The molecule has 0 amide bonds. The topological polar surface area (TPSA) is 56.3 Å². The summed E-state index contributed by atoms with van der Waals surface area (Å²) >= 11 is 0. The third-order valence-electron chi connectivity index (χ3n) is 3.11. The minimum atomic E-state index is -0.718. The molecule has 0 aliphatic carbocycles. The average Bonchev–Trinajstić information content (AvgIpc) is 2.78. The molecule has 96 valence electrons. The van der Waals surface area contributed by atoms with Crippen LogP contribution in [0.5, 0.6) is 0 Å². The number of carboxylic acids is 1. The Morgan fingerprint density at radius 1 is 1.33 bits per heavy atom. The third-order valence-corrected chi connectivity index (χ3v) is 3.11.